The number of esters is 1. The molecule has 17 heavy (non-hydrogen) atoms. The lowest BCUT2D eigenvalue weighted by Crippen LogP contribution is -2.33. The summed E-state index contributed by atoms with van der Waals surface area (Å²) in [6, 6.07) is 3.07. The van der Waals surface area contributed by atoms with Crippen molar-refractivity contribution in [2.75, 3.05) is 14.2 Å². The van der Waals surface area contributed by atoms with Crippen molar-refractivity contribution in [3.05, 3.63) is 26.6 Å². The third-order valence-corrected chi connectivity index (χ3v) is 3.40. The molecule has 0 aliphatic heterocycles. The molecule has 0 saturated heterocycles. The number of carbonyl (C=O) groups excluding carboxylic acids is 1. The van der Waals surface area contributed by atoms with Gasteiger partial charge in [0.1, 0.15) is 11.8 Å². The van der Waals surface area contributed by atoms with Crippen molar-refractivity contribution in [2.45, 2.75) is 12.5 Å². The van der Waals surface area contributed by atoms with Crippen LogP contribution in [0.2, 0.25) is 0 Å². The van der Waals surface area contributed by atoms with E-state index in [9.17, 15) is 4.79 Å². The van der Waals surface area contributed by atoms with Crippen LogP contribution in [-0.2, 0) is 16.0 Å². The first kappa shape index (κ1) is 14.5. The molecule has 0 heterocycles. The van der Waals surface area contributed by atoms with Gasteiger partial charge in [0.25, 0.3) is 0 Å². The number of hydrogen-bond acceptors (Lipinski definition) is 4. The molecule has 6 heteroatoms. The summed E-state index contributed by atoms with van der Waals surface area (Å²) in [5, 5.41) is 0. The lowest BCUT2D eigenvalue weighted by atomic mass is 10.1. The Morgan fingerprint density at radius 3 is 2.29 bits per heavy atom. The molecule has 0 radical (unpaired) electrons. The van der Waals surface area contributed by atoms with E-state index in [4.69, 9.17) is 10.5 Å². The van der Waals surface area contributed by atoms with Crippen LogP contribution in [0.25, 0.3) is 0 Å². The number of rotatable bonds is 4. The lowest BCUT2D eigenvalue weighted by molar-refractivity contribution is -0.142. The SMILES string of the molecule is COC(=O)C(N)Cc1cc(Br)c(OC)c(Br)c1. The number of nitrogens with two attached hydrogens (primary N) is 1. The van der Waals surface area contributed by atoms with Gasteiger partial charge in [-0.2, -0.15) is 0 Å². The number of halogens is 2. The van der Waals surface area contributed by atoms with E-state index in [0.29, 0.717) is 12.2 Å². The van der Waals surface area contributed by atoms with Crippen LogP contribution in [0.3, 0.4) is 0 Å². The van der Waals surface area contributed by atoms with Gasteiger partial charge in [-0.05, 0) is 56.0 Å². The second kappa shape index (κ2) is 6.37. The Balaban J connectivity index is 2.90. The zero-order valence-corrected chi connectivity index (χ0v) is 12.7. The minimum Gasteiger partial charge on any atom is -0.494 e. The van der Waals surface area contributed by atoms with E-state index in [1.807, 2.05) is 12.1 Å². The highest BCUT2D eigenvalue weighted by Crippen LogP contribution is 2.34. The summed E-state index contributed by atoms with van der Waals surface area (Å²) < 4.78 is 11.4. The normalized spacial score (nSPS) is 12.1. The van der Waals surface area contributed by atoms with Crippen molar-refractivity contribution in [1.82, 2.24) is 0 Å². The summed E-state index contributed by atoms with van der Waals surface area (Å²) in [5.41, 5.74) is 6.61. The standard InChI is InChI=1S/C11H13Br2NO3/c1-16-10-7(12)3-6(4-8(10)13)5-9(14)11(15)17-2/h3-4,9H,5,14H2,1-2H3. The molecule has 94 valence electrons. The number of methoxy groups -OCH3 is 2. The molecule has 2 N–H and O–H groups in total. The number of ether oxygens (including phenoxy) is 2. The predicted molar refractivity (Wildman–Crippen MR) is 72.1 cm³/mol. The fourth-order valence-corrected chi connectivity index (χ4v) is 3.02. The minimum atomic E-state index is -0.660. The molecular formula is C11H13Br2NO3. The van der Waals surface area contributed by atoms with Crippen LogP contribution in [0.1, 0.15) is 5.56 Å². The van der Waals surface area contributed by atoms with Crippen molar-refractivity contribution in [3.8, 4) is 5.75 Å². The molecule has 0 saturated carbocycles. The maximum Gasteiger partial charge on any atom is 0.322 e. The summed E-state index contributed by atoms with van der Waals surface area (Å²) in [6.45, 7) is 0. The van der Waals surface area contributed by atoms with Gasteiger partial charge in [-0.15, -0.1) is 0 Å². The first-order chi connectivity index (χ1) is 7.99. The summed E-state index contributed by atoms with van der Waals surface area (Å²) >= 11 is 6.78. The highest BCUT2D eigenvalue weighted by Gasteiger charge is 2.16. The van der Waals surface area contributed by atoms with Crippen molar-refractivity contribution < 1.29 is 14.3 Å². The van der Waals surface area contributed by atoms with Gasteiger partial charge in [-0.3, -0.25) is 4.79 Å². The molecule has 1 aromatic rings. The Bertz CT molecular complexity index is 400. The Hall–Kier alpha value is -0.590. The van der Waals surface area contributed by atoms with Crippen LogP contribution in [0.5, 0.6) is 5.75 Å². The predicted octanol–water partition coefficient (Wildman–Crippen LogP) is 2.26. The fraction of sp³-hybridized carbons (Fsp3) is 0.364. The van der Waals surface area contributed by atoms with Crippen LogP contribution in [0.4, 0.5) is 0 Å². The molecule has 0 fully saturated rings. The Kier molecular flexibility index (Phi) is 5.42. The van der Waals surface area contributed by atoms with E-state index in [0.717, 1.165) is 14.5 Å². The molecule has 0 spiro atoms. The lowest BCUT2D eigenvalue weighted by Gasteiger charge is -2.12. The van der Waals surface area contributed by atoms with Crippen molar-refractivity contribution in [3.63, 3.8) is 0 Å². The molecule has 1 atom stereocenters. The quantitative estimate of drug-likeness (QED) is 0.830. The molecular weight excluding hydrogens is 354 g/mol. The Morgan fingerprint density at radius 1 is 1.35 bits per heavy atom. The monoisotopic (exact) mass is 365 g/mol. The first-order valence-electron chi connectivity index (χ1n) is 4.85. The molecule has 1 unspecified atom stereocenters. The third-order valence-electron chi connectivity index (χ3n) is 2.22. The van der Waals surface area contributed by atoms with Crippen LogP contribution >= 0.6 is 31.9 Å². The van der Waals surface area contributed by atoms with Gasteiger partial charge in [-0.1, -0.05) is 0 Å². The summed E-state index contributed by atoms with van der Waals surface area (Å²) in [5.74, 6) is 0.286. The van der Waals surface area contributed by atoms with Gasteiger partial charge in [0.15, 0.2) is 0 Å². The summed E-state index contributed by atoms with van der Waals surface area (Å²) in [4.78, 5) is 11.2. The van der Waals surface area contributed by atoms with E-state index in [-0.39, 0.29) is 0 Å². The maximum atomic E-state index is 11.2. The smallest absolute Gasteiger partial charge is 0.322 e. The van der Waals surface area contributed by atoms with Crippen molar-refractivity contribution in [2.24, 2.45) is 5.73 Å². The number of hydrogen-bond donors (Lipinski definition) is 1. The third kappa shape index (κ3) is 3.69. The maximum absolute atomic E-state index is 11.2. The molecule has 0 aliphatic rings. The van der Waals surface area contributed by atoms with Gasteiger partial charge >= 0.3 is 5.97 Å². The van der Waals surface area contributed by atoms with Gasteiger partial charge in [0, 0.05) is 0 Å². The van der Waals surface area contributed by atoms with Gasteiger partial charge in [0.2, 0.25) is 0 Å². The largest absolute Gasteiger partial charge is 0.494 e. The van der Waals surface area contributed by atoms with Gasteiger partial charge in [-0.25, -0.2) is 0 Å². The Labute approximate surface area is 117 Å². The zero-order chi connectivity index (χ0) is 13.0. The minimum absolute atomic E-state index is 0.411. The molecule has 0 aromatic heterocycles. The van der Waals surface area contributed by atoms with Crippen molar-refractivity contribution in [1.29, 1.82) is 0 Å². The highest BCUT2D eigenvalue weighted by molar-refractivity contribution is 9.11. The van der Waals surface area contributed by atoms with Crippen LogP contribution in [0, 0.1) is 0 Å². The molecule has 4 nitrogen and oxygen atoms in total. The number of benzene rings is 1. The highest BCUT2D eigenvalue weighted by atomic mass is 79.9. The number of carbonyl (C=O) groups is 1. The van der Waals surface area contributed by atoms with E-state index in [1.165, 1.54) is 7.11 Å². The van der Waals surface area contributed by atoms with E-state index in [2.05, 4.69) is 36.6 Å². The van der Waals surface area contributed by atoms with E-state index in [1.54, 1.807) is 7.11 Å². The molecule has 1 rings (SSSR count). The molecule has 1 aromatic carbocycles. The average Bonchev–Trinajstić information content (AvgIpc) is 2.27. The van der Waals surface area contributed by atoms with Gasteiger partial charge < -0.3 is 15.2 Å². The van der Waals surface area contributed by atoms with Gasteiger partial charge in [0.05, 0.1) is 23.2 Å². The first-order valence-corrected chi connectivity index (χ1v) is 6.43. The summed E-state index contributed by atoms with van der Waals surface area (Å²) in [6.07, 6.45) is 0.411. The van der Waals surface area contributed by atoms with E-state index < -0.39 is 12.0 Å². The summed E-state index contributed by atoms with van der Waals surface area (Å²) in [7, 11) is 2.91. The second-order valence-electron chi connectivity index (χ2n) is 3.43. The zero-order valence-electron chi connectivity index (χ0n) is 9.50. The van der Waals surface area contributed by atoms with Crippen LogP contribution in [-0.4, -0.2) is 26.2 Å². The van der Waals surface area contributed by atoms with Crippen LogP contribution < -0.4 is 10.5 Å². The van der Waals surface area contributed by atoms with E-state index >= 15 is 0 Å². The second-order valence-corrected chi connectivity index (χ2v) is 5.14. The van der Waals surface area contributed by atoms with Crippen LogP contribution in [0.15, 0.2) is 21.1 Å². The molecule has 0 bridgehead atoms. The average molecular weight is 367 g/mol. The topological polar surface area (TPSA) is 61.5 Å². The van der Waals surface area contributed by atoms with Crippen molar-refractivity contribution >= 4 is 37.8 Å². The Morgan fingerprint density at radius 2 is 1.88 bits per heavy atom. The molecule has 0 aliphatic carbocycles. The fourth-order valence-electron chi connectivity index (χ4n) is 1.41. The molecule has 0 amide bonds.